The zero-order valence-corrected chi connectivity index (χ0v) is 6.25. The molecule has 5 N–H and O–H groups in total. The van der Waals surface area contributed by atoms with E-state index in [1.54, 1.807) is 12.3 Å². The van der Waals surface area contributed by atoms with Crippen molar-refractivity contribution in [3.8, 4) is 0 Å². The SMILES string of the molecule is Nc1ccc[nH]1.O=S(=O)(O)O. The molecule has 0 atom stereocenters. The van der Waals surface area contributed by atoms with E-state index < -0.39 is 10.4 Å². The average Bonchev–Trinajstić information content (AvgIpc) is 2.12. The van der Waals surface area contributed by atoms with Crippen LogP contribution < -0.4 is 5.73 Å². The minimum absolute atomic E-state index is 0.718. The summed E-state index contributed by atoms with van der Waals surface area (Å²) in [6.45, 7) is 0. The summed E-state index contributed by atoms with van der Waals surface area (Å²) in [6, 6.07) is 3.66. The normalized spacial score (nSPS) is 10.0. The van der Waals surface area contributed by atoms with Gasteiger partial charge in [0, 0.05) is 6.20 Å². The molecular weight excluding hydrogens is 172 g/mol. The van der Waals surface area contributed by atoms with Gasteiger partial charge in [-0.1, -0.05) is 0 Å². The molecule has 11 heavy (non-hydrogen) atoms. The summed E-state index contributed by atoms with van der Waals surface area (Å²) in [5.41, 5.74) is 5.22. The molecule has 1 aromatic heterocycles. The molecule has 1 heterocycles. The van der Waals surface area contributed by atoms with Crippen LogP contribution in [0.25, 0.3) is 0 Å². The van der Waals surface area contributed by atoms with Gasteiger partial charge in [0.15, 0.2) is 0 Å². The third kappa shape index (κ3) is 12.2. The number of rotatable bonds is 0. The molecule has 0 amide bonds. The fourth-order valence-corrected chi connectivity index (χ4v) is 0.344. The van der Waals surface area contributed by atoms with Crippen LogP contribution >= 0.6 is 0 Å². The Morgan fingerprint density at radius 2 is 1.91 bits per heavy atom. The Morgan fingerprint density at radius 3 is 2.00 bits per heavy atom. The van der Waals surface area contributed by atoms with Crippen LogP contribution in [0, 0.1) is 0 Å². The smallest absolute Gasteiger partial charge is 0.385 e. The Hall–Kier alpha value is -1.05. The maximum absolute atomic E-state index is 8.74. The molecule has 0 aromatic carbocycles. The van der Waals surface area contributed by atoms with Crippen molar-refractivity contribution in [2.45, 2.75) is 0 Å². The molecule has 0 aliphatic carbocycles. The van der Waals surface area contributed by atoms with Gasteiger partial charge in [-0.2, -0.15) is 8.42 Å². The first-order valence-corrected chi connectivity index (χ1v) is 3.88. The molecule has 6 nitrogen and oxygen atoms in total. The lowest BCUT2D eigenvalue weighted by Gasteiger charge is -1.72. The van der Waals surface area contributed by atoms with Crippen molar-refractivity contribution in [2.24, 2.45) is 0 Å². The molecule has 0 radical (unpaired) electrons. The molecule has 0 saturated carbocycles. The minimum Gasteiger partial charge on any atom is -0.385 e. The fraction of sp³-hybridized carbons (Fsp3) is 0. The molecule has 0 aliphatic heterocycles. The molecule has 0 bridgehead atoms. The quantitative estimate of drug-likeness (QED) is 0.417. The van der Waals surface area contributed by atoms with Gasteiger partial charge < -0.3 is 10.7 Å². The highest BCUT2D eigenvalue weighted by atomic mass is 32.3. The van der Waals surface area contributed by atoms with E-state index in [2.05, 4.69) is 4.98 Å². The van der Waals surface area contributed by atoms with Crippen LogP contribution in [0.15, 0.2) is 18.3 Å². The molecule has 0 fully saturated rings. The highest BCUT2D eigenvalue weighted by Crippen LogP contribution is 1.90. The summed E-state index contributed by atoms with van der Waals surface area (Å²) in [5.74, 6) is 0.718. The van der Waals surface area contributed by atoms with Crippen LogP contribution in [0.4, 0.5) is 5.82 Å². The van der Waals surface area contributed by atoms with Crippen molar-refractivity contribution in [1.82, 2.24) is 4.98 Å². The van der Waals surface area contributed by atoms with Crippen LogP contribution in [0.5, 0.6) is 0 Å². The number of nitrogens with two attached hydrogens (primary N) is 1. The lowest BCUT2D eigenvalue weighted by molar-refractivity contribution is 0.381. The summed E-state index contributed by atoms with van der Waals surface area (Å²) in [5, 5.41) is 0. The van der Waals surface area contributed by atoms with E-state index in [-0.39, 0.29) is 0 Å². The van der Waals surface area contributed by atoms with Gasteiger partial charge in [-0.05, 0) is 12.1 Å². The Balaban J connectivity index is 0.000000187. The number of hydrogen-bond acceptors (Lipinski definition) is 3. The first-order chi connectivity index (χ1) is 4.89. The molecule has 64 valence electrons. The number of hydrogen-bond donors (Lipinski definition) is 4. The number of aromatic nitrogens is 1. The van der Waals surface area contributed by atoms with Gasteiger partial charge in [0.25, 0.3) is 0 Å². The second-order valence-corrected chi connectivity index (χ2v) is 2.47. The molecule has 0 unspecified atom stereocenters. The van der Waals surface area contributed by atoms with E-state index in [1.165, 1.54) is 0 Å². The topological polar surface area (TPSA) is 116 Å². The lowest BCUT2D eigenvalue weighted by atomic mass is 10.6. The van der Waals surface area contributed by atoms with Gasteiger partial charge in [0.1, 0.15) is 5.82 Å². The lowest BCUT2D eigenvalue weighted by Crippen LogP contribution is -1.89. The van der Waals surface area contributed by atoms with Gasteiger partial charge in [-0.15, -0.1) is 0 Å². The Morgan fingerprint density at radius 1 is 1.45 bits per heavy atom. The van der Waals surface area contributed by atoms with E-state index in [0.717, 1.165) is 5.82 Å². The fourth-order valence-electron chi connectivity index (χ4n) is 0.344. The first-order valence-electron chi connectivity index (χ1n) is 2.48. The molecule has 1 aromatic rings. The Labute approximate surface area is 63.6 Å². The number of anilines is 1. The molecule has 1 rings (SSSR count). The van der Waals surface area contributed by atoms with E-state index in [1.807, 2.05) is 6.07 Å². The van der Waals surface area contributed by atoms with Crippen molar-refractivity contribution >= 4 is 16.2 Å². The zero-order chi connectivity index (χ0) is 8.91. The highest BCUT2D eigenvalue weighted by molar-refractivity contribution is 7.79. The predicted molar refractivity (Wildman–Crippen MR) is 39.4 cm³/mol. The zero-order valence-electron chi connectivity index (χ0n) is 5.43. The maximum Gasteiger partial charge on any atom is 0.394 e. The Kier molecular flexibility index (Phi) is 3.58. The number of aromatic amines is 1. The maximum atomic E-state index is 8.74. The number of nitrogens with one attached hydrogen (secondary N) is 1. The van der Waals surface area contributed by atoms with E-state index in [9.17, 15) is 0 Å². The van der Waals surface area contributed by atoms with Crippen molar-refractivity contribution < 1.29 is 17.5 Å². The van der Waals surface area contributed by atoms with Crippen LogP contribution in [-0.4, -0.2) is 22.5 Å². The van der Waals surface area contributed by atoms with Crippen molar-refractivity contribution in [2.75, 3.05) is 5.73 Å². The predicted octanol–water partition coefficient (Wildman–Crippen LogP) is -0.0559. The average molecular weight is 180 g/mol. The summed E-state index contributed by atoms with van der Waals surface area (Å²) in [4.78, 5) is 2.78. The molecule has 0 saturated heterocycles. The molecule has 0 spiro atoms. The summed E-state index contributed by atoms with van der Waals surface area (Å²) >= 11 is 0. The van der Waals surface area contributed by atoms with Crippen molar-refractivity contribution in [1.29, 1.82) is 0 Å². The largest absolute Gasteiger partial charge is 0.394 e. The third-order valence-corrected chi connectivity index (χ3v) is 0.622. The van der Waals surface area contributed by atoms with Crippen LogP contribution in [0.3, 0.4) is 0 Å². The van der Waals surface area contributed by atoms with Crippen molar-refractivity contribution in [3.05, 3.63) is 18.3 Å². The van der Waals surface area contributed by atoms with Gasteiger partial charge in [0.05, 0.1) is 0 Å². The van der Waals surface area contributed by atoms with Gasteiger partial charge in [-0.25, -0.2) is 0 Å². The van der Waals surface area contributed by atoms with Crippen LogP contribution in [0.2, 0.25) is 0 Å². The molecule has 0 aliphatic rings. The third-order valence-electron chi connectivity index (χ3n) is 0.622. The highest BCUT2D eigenvalue weighted by Gasteiger charge is 1.84. The first kappa shape index (κ1) is 9.95. The summed E-state index contributed by atoms with van der Waals surface area (Å²) < 4.78 is 31.6. The summed E-state index contributed by atoms with van der Waals surface area (Å²) in [6.07, 6.45) is 1.79. The second kappa shape index (κ2) is 3.96. The summed E-state index contributed by atoms with van der Waals surface area (Å²) in [7, 11) is -4.67. The van der Waals surface area contributed by atoms with Gasteiger partial charge in [-0.3, -0.25) is 9.11 Å². The minimum atomic E-state index is -4.67. The molecular formula is C4H8N2O4S. The van der Waals surface area contributed by atoms with Gasteiger partial charge in [0.2, 0.25) is 0 Å². The number of H-pyrrole nitrogens is 1. The molecule has 7 heteroatoms. The monoisotopic (exact) mass is 180 g/mol. The standard InChI is InChI=1S/C4H6N2.H2O4S/c5-4-2-1-3-6-4;1-5(2,3)4/h1-3,6H,5H2;(H2,1,2,3,4). The van der Waals surface area contributed by atoms with E-state index in [4.69, 9.17) is 23.3 Å². The Bertz CT molecular complexity index is 269. The second-order valence-electron chi connectivity index (χ2n) is 1.57. The van der Waals surface area contributed by atoms with Gasteiger partial charge >= 0.3 is 10.4 Å². The van der Waals surface area contributed by atoms with E-state index in [0.29, 0.717) is 0 Å². The van der Waals surface area contributed by atoms with Crippen molar-refractivity contribution in [3.63, 3.8) is 0 Å². The van der Waals surface area contributed by atoms with Crippen LogP contribution in [-0.2, 0) is 10.4 Å². The van der Waals surface area contributed by atoms with Crippen LogP contribution in [0.1, 0.15) is 0 Å². The number of nitrogen functional groups attached to an aromatic ring is 1. The van der Waals surface area contributed by atoms with E-state index >= 15 is 0 Å².